The lowest BCUT2D eigenvalue weighted by atomic mass is 10.3. The molecule has 84 valence electrons. The average Bonchev–Trinajstić information content (AvgIpc) is 2.64. The Bertz CT molecular complexity index is 509. The van der Waals surface area contributed by atoms with E-state index in [-0.39, 0.29) is 5.69 Å². The Kier molecular flexibility index (Phi) is 2.86. The van der Waals surface area contributed by atoms with Crippen molar-refractivity contribution >= 4 is 22.9 Å². The van der Waals surface area contributed by atoms with Crippen LogP contribution in [0, 0.1) is 0 Å². The summed E-state index contributed by atoms with van der Waals surface area (Å²) in [4.78, 5) is 7.20. The van der Waals surface area contributed by atoms with Gasteiger partial charge in [-0.05, 0) is 18.2 Å². The number of thiophene rings is 1. The zero-order valence-electron chi connectivity index (χ0n) is 7.62. The van der Waals surface area contributed by atoms with Gasteiger partial charge in [-0.1, -0.05) is 11.6 Å². The van der Waals surface area contributed by atoms with Crippen molar-refractivity contribution in [1.29, 1.82) is 0 Å². The summed E-state index contributed by atoms with van der Waals surface area (Å²) in [7, 11) is 0. The predicted molar refractivity (Wildman–Crippen MR) is 55.4 cm³/mol. The highest BCUT2D eigenvalue weighted by molar-refractivity contribution is 7.19. The summed E-state index contributed by atoms with van der Waals surface area (Å²) in [5, 5.41) is 0. The Hall–Kier alpha value is -1.14. The van der Waals surface area contributed by atoms with Gasteiger partial charge in [0.25, 0.3) is 0 Å². The molecule has 0 radical (unpaired) electrons. The minimum absolute atomic E-state index is 0.222. The molecule has 0 bridgehead atoms. The fourth-order valence-electron chi connectivity index (χ4n) is 1.08. The fourth-order valence-corrected chi connectivity index (χ4v) is 2.10. The number of aromatic nitrogens is 2. The van der Waals surface area contributed by atoms with E-state index in [1.807, 2.05) is 0 Å². The van der Waals surface area contributed by atoms with E-state index in [1.54, 1.807) is 12.1 Å². The van der Waals surface area contributed by atoms with E-state index in [4.69, 9.17) is 11.6 Å². The van der Waals surface area contributed by atoms with Crippen LogP contribution in [0.2, 0.25) is 4.34 Å². The first kappa shape index (κ1) is 11.3. The van der Waals surface area contributed by atoms with Crippen LogP contribution in [0.1, 0.15) is 5.82 Å². The molecule has 0 amide bonds. The van der Waals surface area contributed by atoms with Gasteiger partial charge in [-0.2, -0.15) is 13.2 Å². The quantitative estimate of drug-likeness (QED) is 0.781. The topological polar surface area (TPSA) is 25.8 Å². The average molecular weight is 265 g/mol. The molecule has 0 aliphatic heterocycles. The van der Waals surface area contributed by atoms with Crippen LogP contribution in [0.5, 0.6) is 0 Å². The monoisotopic (exact) mass is 264 g/mol. The van der Waals surface area contributed by atoms with Crippen molar-refractivity contribution in [2.75, 3.05) is 0 Å². The van der Waals surface area contributed by atoms with E-state index in [2.05, 4.69) is 9.97 Å². The number of rotatable bonds is 1. The summed E-state index contributed by atoms with van der Waals surface area (Å²) in [6, 6.07) is 4.64. The number of alkyl halides is 3. The summed E-state index contributed by atoms with van der Waals surface area (Å²) < 4.78 is 37.5. The number of hydrogen-bond donors (Lipinski definition) is 0. The second kappa shape index (κ2) is 4.03. The zero-order chi connectivity index (χ0) is 11.8. The van der Waals surface area contributed by atoms with E-state index in [9.17, 15) is 13.2 Å². The second-order valence-electron chi connectivity index (χ2n) is 2.87. The van der Waals surface area contributed by atoms with Crippen LogP contribution in [-0.4, -0.2) is 9.97 Å². The standard InChI is InChI=1S/C9H4ClF3N2S/c10-7-2-1-6(16-7)5-3-4-14-8(15-5)9(11,12)13/h1-4H. The van der Waals surface area contributed by atoms with Gasteiger partial charge in [0.05, 0.1) is 14.9 Å². The van der Waals surface area contributed by atoms with Gasteiger partial charge >= 0.3 is 6.18 Å². The van der Waals surface area contributed by atoms with Gasteiger partial charge in [-0.25, -0.2) is 9.97 Å². The molecule has 2 aromatic heterocycles. The van der Waals surface area contributed by atoms with E-state index in [0.717, 1.165) is 6.20 Å². The molecule has 0 atom stereocenters. The third kappa shape index (κ3) is 2.33. The number of halogens is 4. The molecule has 7 heteroatoms. The normalized spacial score (nSPS) is 11.8. The van der Waals surface area contributed by atoms with Crippen molar-refractivity contribution in [1.82, 2.24) is 9.97 Å². The maximum Gasteiger partial charge on any atom is 0.451 e. The Morgan fingerprint density at radius 3 is 2.50 bits per heavy atom. The third-order valence-electron chi connectivity index (χ3n) is 1.73. The number of hydrogen-bond acceptors (Lipinski definition) is 3. The van der Waals surface area contributed by atoms with Gasteiger partial charge < -0.3 is 0 Å². The number of nitrogens with zero attached hydrogens (tertiary/aromatic N) is 2. The van der Waals surface area contributed by atoms with E-state index in [0.29, 0.717) is 9.21 Å². The van der Waals surface area contributed by atoms with Crippen molar-refractivity contribution in [3.8, 4) is 10.6 Å². The summed E-state index contributed by atoms with van der Waals surface area (Å²) in [6.07, 6.45) is -3.45. The molecule has 0 unspecified atom stereocenters. The summed E-state index contributed by atoms with van der Waals surface area (Å²) in [6.45, 7) is 0. The summed E-state index contributed by atoms with van der Waals surface area (Å²) in [5.41, 5.74) is 0.222. The first-order valence-corrected chi connectivity index (χ1v) is 5.32. The Morgan fingerprint density at radius 2 is 1.94 bits per heavy atom. The molecule has 2 aromatic rings. The van der Waals surface area contributed by atoms with Gasteiger partial charge in [0.2, 0.25) is 5.82 Å². The van der Waals surface area contributed by atoms with Gasteiger partial charge in [-0.3, -0.25) is 0 Å². The highest BCUT2D eigenvalue weighted by Crippen LogP contribution is 2.32. The van der Waals surface area contributed by atoms with Crippen LogP contribution < -0.4 is 0 Å². The van der Waals surface area contributed by atoms with Crippen molar-refractivity contribution < 1.29 is 13.2 Å². The lowest BCUT2D eigenvalue weighted by Crippen LogP contribution is -2.10. The van der Waals surface area contributed by atoms with Crippen LogP contribution in [0.15, 0.2) is 24.4 Å². The Balaban J connectivity index is 2.44. The summed E-state index contributed by atoms with van der Waals surface area (Å²) >= 11 is 6.86. The molecule has 0 aliphatic carbocycles. The smallest absolute Gasteiger partial charge is 0.233 e. The van der Waals surface area contributed by atoms with Gasteiger partial charge in [0.1, 0.15) is 0 Å². The molecular weight excluding hydrogens is 261 g/mol. The van der Waals surface area contributed by atoms with E-state index in [1.165, 1.54) is 17.4 Å². The predicted octanol–water partition coefficient (Wildman–Crippen LogP) is 3.88. The molecule has 0 fully saturated rings. The van der Waals surface area contributed by atoms with Crippen LogP contribution in [0.3, 0.4) is 0 Å². The minimum atomic E-state index is -4.53. The molecule has 2 nitrogen and oxygen atoms in total. The maximum atomic E-state index is 12.3. The molecule has 0 spiro atoms. The van der Waals surface area contributed by atoms with Crippen molar-refractivity contribution in [3.63, 3.8) is 0 Å². The van der Waals surface area contributed by atoms with Gasteiger partial charge in [0, 0.05) is 6.20 Å². The Morgan fingerprint density at radius 1 is 1.19 bits per heavy atom. The SMILES string of the molecule is FC(F)(F)c1nccc(-c2ccc(Cl)s2)n1. The molecule has 0 saturated heterocycles. The molecule has 16 heavy (non-hydrogen) atoms. The van der Waals surface area contributed by atoms with Crippen molar-refractivity contribution in [2.24, 2.45) is 0 Å². The molecule has 0 N–H and O–H groups in total. The van der Waals surface area contributed by atoms with Crippen LogP contribution in [0.4, 0.5) is 13.2 Å². The van der Waals surface area contributed by atoms with Gasteiger partial charge in [-0.15, -0.1) is 11.3 Å². The van der Waals surface area contributed by atoms with Crippen LogP contribution in [-0.2, 0) is 6.18 Å². The van der Waals surface area contributed by atoms with E-state index >= 15 is 0 Å². The van der Waals surface area contributed by atoms with E-state index < -0.39 is 12.0 Å². The molecule has 0 saturated carbocycles. The first-order valence-electron chi connectivity index (χ1n) is 4.13. The highest BCUT2D eigenvalue weighted by atomic mass is 35.5. The lowest BCUT2D eigenvalue weighted by molar-refractivity contribution is -0.144. The molecule has 2 rings (SSSR count). The zero-order valence-corrected chi connectivity index (χ0v) is 9.20. The molecule has 2 heterocycles. The third-order valence-corrected chi connectivity index (χ3v) is 2.99. The molecular formula is C9H4ClF3N2S. The van der Waals surface area contributed by atoms with Crippen molar-refractivity contribution in [2.45, 2.75) is 6.18 Å². The minimum Gasteiger partial charge on any atom is -0.233 e. The largest absolute Gasteiger partial charge is 0.451 e. The van der Waals surface area contributed by atoms with Crippen molar-refractivity contribution in [3.05, 3.63) is 34.6 Å². The summed E-state index contributed by atoms with van der Waals surface area (Å²) in [5.74, 6) is -1.14. The second-order valence-corrected chi connectivity index (χ2v) is 4.58. The maximum absolute atomic E-state index is 12.3. The first-order chi connectivity index (χ1) is 7.47. The fraction of sp³-hybridized carbons (Fsp3) is 0.111. The highest BCUT2D eigenvalue weighted by Gasteiger charge is 2.34. The van der Waals surface area contributed by atoms with Crippen LogP contribution >= 0.6 is 22.9 Å². The molecule has 0 aliphatic rings. The van der Waals surface area contributed by atoms with Crippen LogP contribution in [0.25, 0.3) is 10.6 Å². The molecule has 0 aromatic carbocycles. The van der Waals surface area contributed by atoms with Gasteiger partial charge in [0.15, 0.2) is 0 Å². The Labute approximate surface area is 97.7 Å². The lowest BCUT2D eigenvalue weighted by Gasteiger charge is -2.04.